The van der Waals surface area contributed by atoms with Gasteiger partial charge in [-0.05, 0) is 40.9 Å². The van der Waals surface area contributed by atoms with Crippen LogP contribution in [0.2, 0.25) is 0 Å². The Kier molecular flexibility index (Phi) is 2.80. The molecule has 2 heterocycles. The van der Waals surface area contributed by atoms with Crippen LogP contribution in [0.4, 0.5) is 5.69 Å². The molecule has 1 saturated heterocycles. The van der Waals surface area contributed by atoms with Gasteiger partial charge in [0.05, 0.1) is 5.69 Å². The fourth-order valence-electron chi connectivity index (χ4n) is 2.43. The normalized spacial score (nSPS) is 27.1. The molecule has 5 heteroatoms. The van der Waals surface area contributed by atoms with Crippen molar-refractivity contribution < 1.29 is 9.53 Å². The second kappa shape index (κ2) is 4.07. The van der Waals surface area contributed by atoms with Gasteiger partial charge in [0.25, 0.3) is 0 Å². The van der Waals surface area contributed by atoms with E-state index in [4.69, 9.17) is 4.74 Å². The molecular weight excluding hydrogens is 350 g/mol. The van der Waals surface area contributed by atoms with Crippen LogP contribution >= 0.6 is 31.9 Å². The number of benzene rings is 1. The summed E-state index contributed by atoms with van der Waals surface area (Å²) >= 11 is 6.88. The third-order valence-electron chi connectivity index (χ3n) is 3.26. The molecule has 17 heavy (non-hydrogen) atoms. The molecule has 1 N–H and O–H groups in total. The Balaban J connectivity index is 2.08. The molecular formula is C12H11Br2NO2. The first-order chi connectivity index (χ1) is 8.12. The van der Waals surface area contributed by atoms with E-state index in [0.29, 0.717) is 12.2 Å². The van der Waals surface area contributed by atoms with Crippen LogP contribution in [0.5, 0.6) is 0 Å². The first-order valence-corrected chi connectivity index (χ1v) is 7.17. The zero-order chi connectivity index (χ0) is 12.0. The molecule has 1 aromatic carbocycles. The molecule has 0 aromatic heterocycles. The van der Waals surface area contributed by atoms with Crippen LogP contribution < -0.4 is 5.32 Å². The Bertz CT molecular complexity index is 496. The van der Waals surface area contributed by atoms with Crippen LogP contribution in [0.3, 0.4) is 0 Å². The molecule has 1 atom stereocenters. The Labute approximate surface area is 116 Å². The van der Waals surface area contributed by atoms with Gasteiger partial charge in [0.1, 0.15) is 0 Å². The van der Waals surface area contributed by atoms with Crippen molar-refractivity contribution in [2.45, 2.75) is 25.0 Å². The molecule has 90 valence electrons. The summed E-state index contributed by atoms with van der Waals surface area (Å²) in [4.78, 5) is 12.4. The predicted molar refractivity (Wildman–Crippen MR) is 72.3 cm³/mol. The number of ketones is 1. The lowest BCUT2D eigenvalue weighted by Crippen LogP contribution is -2.46. The van der Waals surface area contributed by atoms with Crippen molar-refractivity contribution in [2.24, 2.45) is 0 Å². The van der Waals surface area contributed by atoms with E-state index >= 15 is 0 Å². The van der Waals surface area contributed by atoms with Gasteiger partial charge < -0.3 is 10.1 Å². The largest absolute Gasteiger partial charge is 0.350 e. The van der Waals surface area contributed by atoms with Crippen molar-refractivity contribution in [2.75, 3.05) is 11.9 Å². The van der Waals surface area contributed by atoms with Gasteiger partial charge in [-0.1, -0.05) is 15.9 Å². The molecule has 0 amide bonds. The molecule has 1 aromatic rings. The highest BCUT2D eigenvalue weighted by molar-refractivity contribution is 9.11. The molecule has 2 aliphatic heterocycles. The number of hydrogen-bond donors (Lipinski definition) is 1. The summed E-state index contributed by atoms with van der Waals surface area (Å²) < 4.78 is 7.50. The fourth-order valence-corrected chi connectivity index (χ4v) is 3.75. The van der Waals surface area contributed by atoms with Crippen LogP contribution in [0.1, 0.15) is 29.6 Å². The first-order valence-electron chi connectivity index (χ1n) is 5.58. The van der Waals surface area contributed by atoms with E-state index in [2.05, 4.69) is 37.2 Å². The van der Waals surface area contributed by atoms with Gasteiger partial charge in [-0.25, -0.2) is 0 Å². The highest BCUT2D eigenvalue weighted by Gasteiger charge is 2.48. The van der Waals surface area contributed by atoms with Crippen molar-refractivity contribution >= 4 is 43.3 Å². The maximum absolute atomic E-state index is 12.4. The van der Waals surface area contributed by atoms with Gasteiger partial charge in [-0.2, -0.15) is 0 Å². The number of fused-ring (bicyclic) bond motifs is 1. The van der Waals surface area contributed by atoms with Crippen LogP contribution in [-0.2, 0) is 4.74 Å². The minimum atomic E-state index is -0.816. The lowest BCUT2D eigenvalue weighted by Gasteiger charge is -2.32. The zero-order valence-electron chi connectivity index (χ0n) is 9.06. The quantitative estimate of drug-likeness (QED) is 0.766. The average Bonchev–Trinajstić information content (AvgIpc) is 2.56. The molecule has 3 nitrogen and oxygen atoms in total. The summed E-state index contributed by atoms with van der Waals surface area (Å²) in [5.41, 5.74) is 0.734. The van der Waals surface area contributed by atoms with E-state index in [1.165, 1.54) is 0 Å². The van der Waals surface area contributed by atoms with E-state index in [1.807, 2.05) is 12.1 Å². The Morgan fingerprint density at radius 3 is 2.82 bits per heavy atom. The highest BCUT2D eigenvalue weighted by Crippen LogP contribution is 2.43. The van der Waals surface area contributed by atoms with Crippen LogP contribution in [0.15, 0.2) is 21.1 Å². The molecule has 0 aliphatic carbocycles. The van der Waals surface area contributed by atoms with Crippen molar-refractivity contribution in [1.29, 1.82) is 0 Å². The summed E-state index contributed by atoms with van der Waals surface area (Å²) in [6, 6.07) is 3.78. The smallest absolute Gasteiger partial charge is 0.217 e. The molecule has 3 rings (SSSR count). The number of rotatable bonds is 0. The predicted octanol–water partition coefficient (Wildman–Crippen LogP) is 3.72. The summed E-state index contributed by atoms with van der Waals surface area (Å²) in [6.07, 6.45) is 2.79. The first kappa shape index (κ1) is 11.7. The Morgan fingerprint density at radius 1 is 1.29 bits per heavy atom. The summed E-state index contributed by atoms with van der Waals surface area (Å²) in [5, 5.41) is 3.26. The third kappa shape index (κ3) is 1.75. The number of carbonyl (C=O) groups excluding carboxylic acids is 1. The molecule has 0 saturated carbocycles. The zero-order valence-corrected chi connectivity index (χ0v) is 12.2. The minimum absolute atomic E-state index is 0.0502. The number of carbonyl (C=O) groups is 1. The summed E-state index contributed by atoms with van der Waals surface area (Å²) in [6.45, 7) is 0.644. The topological polar surface area (TPSA) is 38.3 Å². The summed E-state index contributed by atoms with van der Waals surface area (Å²) in [5.74, 6) is 0.0502. The lowest BCUT2D eigenvalue weighted by atomic mass is 9.97. The van der Waals surface area contributed by atoms with Crippen molar-refractivity contribution in [3.63, 3.8) is 0 Å². The van der Waals surface area contributed by atoms with Crippen LogP contribution in [0, 0.1) is 0 Å². The van der Waals surface area contributed by atoms with Gasteiger partial charge >= 0.3 is 0 Å². The lowest BCUT2D eigenvalue weighted by molar-refractivity contribution is -0.0337. The molecule has 0 radical (unpaired) electrons. The summed E-state index contributed by atoms with van der Waals surface area (Å²) in [7, 11) is 0. The van der Waals surface area contributed by atoms with Gasteiger partial charge in [0.15, 0.2) is 0 Å². The second-order valence-electron chi connectivity index (χ2n) is 4.40. The van der Waals surface area contributed by atoms with Crippen LogP contribution in [-0.4, -0.2) is 18.1 Å². The maximum atomic E-state index is 12.4. The van der Waals surface area contributed by atoms with Crippen molar-refractivity contribution in [3.8, 4) is 0 Å². The molecule has 1 spiro atoms. The highest BCUT2D eigenvalue weighted by atomic mass is 79.9. The number of anilines is 1. The van der Waals surface area contributed by atoms with Crippen molar-refractivity contribution in [1.82, 2.24) is 0 Å². The molecule has 0 bridgehead atoms. The van der Waals surface area contributed by atoms with Gasteiger partial charge in [-0.15, -0.1) is 0 Å². The van der Waals surface area contributed by atoms with Crippen molar-refractivity contribution in [3.05, 3.63) is 26.6 Å². The standard InChI is InChI=1S/C12H11Br2NO2/c13-7-5-8-10(9(14)6-7)15-12(11(8)16)3-1-2-4-17-12/h5-6,15H,1-4H2. The van der Waals surface area contributed by atoms with Gasteiger partial charge in [-0.3, -0.25) is 4.79 Å². The number of halogens is 2. The molecule has 1 fully saturated rings. The van der Waals surface area contributed by atoms with Gasteiger partial charge in [0, 0.05) is 27.5 Å². The second-order valence-corrected chi connectivity index (χ2v) is 6.17. The number of Topliss-reactive ketones (excluding diaryl/α,β-unsaturated/α-hetero) is 1. The minimum Gasteiger partial charge on any atom is -0.350 e. The Morgan fingerprint density at radius 2 is 2.12 bits per heavy atom. The SMILES string of the molecule is O=C1c2cc(Br)cc(Br)c2NC12CCCCO2. The number of ether oxygens (including phenoxy) is 1. The van der Waals surface area contributed by atoms with E-state index in [1.54, 1.807) is 0 Å². The average molecular weight is 361 g/mol. The molecule has 2 aliphatic rings. The number of nitrogens with one attached hydrogen (secondary N) is 1. The van der Waals surface area contributed by atoms with E-state index in [0.717, 1.165) is 33.9 Å². The maximum Gasteiger partial charge on any atom is 0.217 e. The van der Waals surface area contributed by atoms with E-state index < -0.39 is 5.72 Å². The number of hydrogen-bond acceptors (Lipinski definition) is 3. The molecule has 1 unspecified atom stereocenters. The monoisotopic (exact) mass is 359 g/mol. The van der Waals surface area contributed by atoms with Crippen LogP contribution in [0.25, 0.3) is 0 Å². The third-order valence-corrected chi connectivity index (χ3v) is 4.35. The fraction of sp³-hybridized carbons (Fsp3) is 0.417. The van der Waals surface area contributed by atoms with E-state index in [9.17, 15) is 4.79 Å². The Hall–Kier alpha value is -0.390. The van der Waals surface area contributed by atoms with Gasteiger partial charge in [0.2, 0.25) is 11.5 Å². The van der Waals surface area contributed by atoms with E-state index in [-0.39, 0.29) is 5.78 Å².